The molecule has 0 spiro atoms. The second kappa shape index (κ2) is 7.87. The number of amidine groups is 1. The number of nitrogens with two attached hydrogens (primary N) is 1. The monoisotopic (exact) mass is 349 g/mol. The molecule has 26 heavy (non-hydrogen) atoms. The molecule has 0 aliphatic carbocycles. The van der Waals surface area contributed by atoms with Gasteiger partial charge in [-0.3, -0.25) is 10.2 Å². The molecule has 0 unspecified atom stereocenters. The molecule has 0 aromatic heterocycles. The van der Waals surface area contributed by atoms with Crippen LogP contribution in [0.15, 0.2) is 61.2 Å². The minimum absolute atomic E-state index is 0.0152. The molecular weight excluding hydrogens is 326 g/mol. The van der Waals surface area contributed by atoms with E-state index in [0.717, 1.165) is 23.3 Å². The summed E-state index contributed by atoms with van der Waals surface area (Å²) in [6, 6.07) is 15.4. The van der Waals surface area contributed by atoms with E-state index in [2.05, 4.69) is 11.9 Å². The number of allylic oxidation sites excluding steroid dienone is 1. The van der Waals surface area contributed by atoms with E-state index in [0.29, 0.717) is 18.6 Å². The Labute approximate surface area is 153 Å². The Balaban J connectivity index is 1.57. The Bertz CT molecular complexity index is 797. The zero-order valence-electron chi connectivity index (χ0n) is 14.6. The first-order valence-corrected chi connectivity index (χ1v) is 8.66. The molecule has 5 nitrogen and oxygen atoms in total. The van der Waals surface area contributed by atoms with E-state index in [1.807, 2.05) is 48.5 Å². The summed E-state index contributed by atoms with van der Waals surface area (Å²) in [4.78, 5) is 11.8. The van der Waals surface area contributed by atoms with Gasteiger partial charge in [0.05, 0.1) is 6.04 Å². The maximum Gasteiger partial charge on any atom is 0.223 e. The van der Waals surface area contributed by atoms with Crippen molar-refractivity contribution in [1.29, 1.82) is 5.41 Å². The van der Waals surface area contributed by atoms with Crippen molar-refractivity contribution in [2.45, 2.75) is 18.9 Å². The summed E-state index contributed by atoms with van der Waals surface area (Å²) in [6.07, 6.45) is 3.28. The first-order valence-electron chi connectivity index (χ1n) is 8.66. The first-order chi connectivity index (χ1) is 12.6. The molecule has 0 radical (unpaired) electrons. The number of nitrogens with one attached hydrogen (secondary N) is 2. The van der Waals surface area contributed by atoms with Gasteiger partial charge in [0.15, 0.2) is 0 Å². The van der Waals surface area contributed by atoms with Crippen molar-refractivity contribution in [3.8, 4) is 16.9 Å². The smallest absolute Gasteiger partial charge is 0.223 e. The second-order valence-corrected chi connectivity index (χ2v) is 6.49. The highest BCUT2D eigenvalue weighted by atomic mass is 16.5. The minimum Gasteiger partial charge on any atom is -0.491 e. The van der Waals surface area contributed by atoms with Crippen molar-refractivity contribution < 1.29 is 9.53 Å². The predicted octanol–water partition coefficient (Wildman–Crippen LogP) is 3.10. The van der Waals surface area contributed by atoms with Crippen molar-refractivity contribution in [3.05, 3.63) is 66.7 Å². The van der Waals surface area contributed by atoms with E-state index >= 15 is 0 Å². The molecule has 5 heteroatoms. The number of rotatable bonds is 7. The van der Waals surface area contributed by atoms with Crippen LogP contribution in [0.3, 0.4) is 0 Å². The highest BCUT2D eigenvalue weighted by molar-refractivity contribution is 5.95. The van der Waals surface area contributed by atoms with Gasteiger partial charge in [0, 0.05) is 11.5 Å². The van der Waals surface area contributed by atoms with Crippen molar-refractivity contribution in [2.24, 2.45) is 11.7 Å². The molecule has 2 atom stereocenters. The van der Waals surface area contributed by atoms with Crippen molar-refractivity contribution in [1.82, 2.24) is 5.32 Å². The van der Waals surface area contributed by atoms with Gasteiger partial charge in [-0.2, -0.15) is 0 Å². The summed E-state index contributed by atoms with van der Waals surface area (Å²) < 4.78 is 5.82. The molecule has 0 bridgehead atoms. The van der Waals surface area contributed by atoms with Crippen LogP contribution in [0.4, 0.5) is 0 Å². The van der Waals surface area contributed by atoms with Gasteiger partial charge >= 0.3 is 0 Å². The molecule has 4 N–H and O–H groups in total. The number of carbonyl (C=O) groups excluding carboxylic acids is 1. The molecule has 1 aliphatic rings. The number of hydrogen-bond acceptors (Lipinski definition) is 3. The Kier molecular flexibility index (Phi) is 5.37. The normalized spacial score (nSPS) is 19.0. The molecule has 1 heterocycles. The van der Waals surface area contributed by atoms with Crippen LogP contribution in [-0.4, -0.2) is 24.4 Å². The lowest BCUT2D eigenvalue weighted by Gasteiger charge is -2.12. The van der Waals surface area contributed by atoms with Crippen LogP contribution >= 0.6 is 0 Å². The summed E-state index contributed by atoms with van der Waals surface area (Å²) in [5, 5.41) is 10.4. The van der Waals surface area contributed by atoms with Crippen LogP contribution in [0.25, 0.3) is 11.1 Å². The average molecular weight is 349 g/mol. The van der Waals surface area contributed by atoms with Gasteiger partial charge in [-0.1, -0.05) is 42.5 Å². The topological polar surface area (TPSA) is 88.2 Å². The summed E-state index contributed by atoms with van der Waals surface area (Å²) in [5.74, 6) is 0.939. The number of ether oxygens (including phenoxy) is 1. The number of nitrogen functional groups attached to an aromatic ring is 1. The minimum atomic E-state index is 0.0152. The Morgan fingerprint density at radius 3 is 2.38 bits per heavy atom. The summed E-state index contributed by atoms with van der Waals surface area (Å²) in [6.45, 7) is 4.16. The third kappa shape index (κ3) is 4.11. The molecule has 0 saturated carbocycles. The van der Waals surface area contributed by atoms with Crippen LogP contribution in [0.5, 0.6) is 5.75 Å². The number of hydrogen-bond donors (Lipinski definition) is 3. The highest BCUT2D eigenvalue weighted by Gasteiger charge is 2.31. The molecule has 3 rings (SSSR count). The van der Waals surface area contributed by atoms with Crippen LogP contribution in [-0.2, 0) is 4.79 Å². The van der Waals surface area contributed by atoms with Gasteiger partial charge in [0.25, 0.3) is 0 Å². The molecular formula is C21H23N3O2. The fourth-order valence-corrected chi connectivity index (χ4v) is 3.13. The van der Waals surface area contributed by atoms with E-state index in [1.54, 1.807) is 6.08 Å². The van der Waals surface area contributed by atoms with E-state index in [1.165, 1.54) is 0 Å². The van der Waals surface area contributed by atoms with Gasteiger partial charge in [-0.05, 0) is 36.1 Å². The van der Waals surface area contributed by atoms with E-state index in [-0.39, 0.29) is 23.7 Å². The van der Waals surface area contributed by atoms with Crippen LogP contribution in [0.1, 0.15) is 18.4 Å². The first kappa shape index (κ1) is 17.7. The maximum atomic E-state index is 11.8. The van der Waals surface area contributed by atoms with Gasteiger partial charge in [0.2, 0.25) is 5.91 Å². The molecule has 1 amide bonds. The van der Waals surface area contributed by atoms with E-state index in [9.17, 15) is 4.79 Å². The SMILES string of the molecule is C=CC[C@@H]1C[C@@H](COc2ccc(-c3ccc(C(=N)N)cc3)cc2)NC1=O. The summed E-state index contributed by atoms with van der Waals surface area (Å²) in [5.41, 5.74) is 8.30. The van der Waals surface area contributed by atoms with Gasteiger partial charge in [-0.15, -0.1) is 6.58 Å². The lowest BCUT2D eigenvalue weighted by atomic mass is 10.0. The third-order valence-corrected chi connectivity index (χ3v) is 4.57. The van der Waals surface area contributed by atoms with E-state index in [4.69, 9.17) is 15.9 Å². The predicted molar refractivity (Wildman–Crippen MR) is 103 cm³/mol. The van der Waals surface area contributed by atoms with Crippen LogP contribution in [0.2, 0.25) is 0 Å². The summed E-state index contributed by atoms with van der Waals surface area (Å²) in [7, 11) is 0. The average Bonchev–Trinajstić information content (AvgIpc) is 3.00. The van der Waals surface area contributed by atoms with Crippen LogP contribution < -0.4 is 15.8 Å². The number of benzene rings is 2. The zero-order valence-corrected chi connectivity index (χ0v) is 14.6. The standard InChI is InChI=1S/C21H23N3O2/c1-2-3-17-12-18(24-21(17)25)13-26-19-10-8-15(9-11-19)14-4-6-16(7-5-14)20(22)23/h2,4-11,17-18H,1,3,12-13H2,(H3,22,23)(H,24,25)/t17-,18+/m1/s1. The van der Waals surface area contributed by atoms with Crippen molar-refractivity contribution in [3.63, 3.8) is 0 Å². The maximum absolute atomic E-state index is 11.8. The quantitative estimate of drug-likeness (QED) is 0.408. The molecule has 134 valence electrons. The third-order valence-electron chi connectivity index (χ3n) is 4.57. The van der Waals surface area contributed by atoms with E-state index < -0.39 is 0 Å². The Morgan fingerprint density at radius 1 is 1.19 bits per heavy atom. The van der Waals surface area contributed by atoms with Crippen molar-refractivity contribution >= 4 is 11.7 Å². The van der Waals surface area contributed by atoms with Gasteiger partial charge < -0.3 is 15.8 Å². The number of amides is 1. The lowest BCUT2D eigenvalue weighted by Crippen LogP contribution is -2.31. The fourth-order valence-electron chi connectivity index (χ4n) is 3.13. The Hall–Kier alpha value is -3.08. The summed E-state index contributed by atoms with van der Waals surface area (Å²) >= 11 is 0. The number of carbonyl (C=O) groups is 1. The Morgan fingerprint density at radius 2 is 1.81 bits per heavy atom. The second-order valence-electron chi connectivity index (χ2n) is 6.49. The highest BCUT2D eigenvalue weighted by Crippen LogP contribution is 2.24. The molecule has 1 aliphatic heterocycles. The van der Waals surface area contributed by atoms with Crippen LogP contribution in [0, 0.1) is 11.3 Å². The largest absolute Gasteiger partial charge is 0.491 e. The molecule has 1 saturated heterocycles. The molecule has 2 aromatic rings. The van der Waals surface area contributed by atoms with Gasteiger partial charge in [-0.25, -0.2) is 0 Å². The molecule has 2 aromatic carbocycles. The lowest BCUT2D eigenvalue weighted by molar-refractivity contribution is -0.122. The molecule has 1 fully saturated rings. The zero-order chi connectivity index (χ0) is 18.5. The fraction of sp³-hybridized carbons (Fsp3) is 0.238. The van der Waals surface area contributed by atoms with Crippen molar-refractivity contribution in [2.75, 3.05) is 6.61 Å². The van der Waals surface area contributed by atoms with Gasteiger partial charge in [0.1, 0.15) is 18.2 Å².